The maximum atomic E-state index is 11.2. The molecule has 0 saturated carbocycles. The number of pyridine rings is 1. The molecule has 2 heterocycles. The molecule has 0 spiro atoms. The molecular weight excluding hydrogens is 352 g/mol. The lowest BCUT2D eigenvalue weighted by Gasteiger charge is -2.33. The summed E-state index contributed by atoms with van der Waals surface area (Å²) >= 11 is 8.13. The Morgan fingerprint density at radius 3 is 3.12 bits per heavy atom. The van der Waals surface area contributed by atoms with E-state index in [1.807, 2.05) is 6.07 Å². The summed E-state index contributed by atoms with van der Waals surface area (Å²) in [6.45, 7) is 1.60. The quantitative estimate of drug-likeness (QED) is 0.644. The maximum Gasteiger partial charge on any atom is 0.222 e. The fraction of sp³-hybridized carbons (Fsp3) is 0.455. The van der Waals surface area contributed by atoms with Gasteiger partial charge in [0.15, 0.2) is 0 Å². The van der Waals surface area contributed by atoms with Gasteiger partial charge in [0.25, 0.3) is 0 Å². The first-order chi connectivity index (χ1) is 8.08. The van der Waals surface area contributed by atoms with Gasteiger partial charge in [-0.2, -0.15) is 0 Å². The molecule has 1 unspecified atom stereocenters. The lowest BCUT2D eigenvalue weighted by atomic mass is 9.97. The highest BCUT2D eigenvalue weighted by molar-refractivity contribution is 14.1. The van der Waals surface area contributed by atoms with Crippen molar-refractivity contribution < 1.29 is 4.79 Å². The van der Waals surface area contributed by atoms with Crippen LogP contribution in [0.5, 0.6) is 0 Å². The van der Waals surface area contributed by atoms with Gasteiger partial charge in [0.05, 0.1) is 15.2 Å². The van der Waals surface area contributed by atoms with Crippen LogP contribution in [0.15, 0.2) is 12.3 Å². The van der Waals surface area contributed by atoms with E-state index in [1.54, 1.807) is 6.20 Å². The van der Waals surface area contributed by atoms with Crippen molar-refractivity contribution in [2.75, 3.05) is 18.0 Å². The summed E-state index contributed by atoms with van der Waals surface area (Å²) in [7, 11) is 0. The molecule has 6 heteroatoms. The van der Waals surface area contributed by atoms with Gasteiger partial charge in [0, 0.05) is 19.3 Å². The van der Waals surface area contributed by atoms with E-state index in [2.05, 4.69) is 32.5 Å². The van der Waals surface area contributed by atoms with Crippen LogP contribution in [0.4, 0.5) is 5.69 Å². The minimum Gasteiger partial charge on any atom is -0.370 e. The molecule has 92 valence electrons. The molecule has 1 aliphatic heterocycles. The Bertz CT molecular complexity index is 441. The smallest absolute Gasteiger partial charge is 0.222 e. The summed E-state index contributed by atoms with van der Waals surface area (Å²) in [6.07, 6.45) is 3.59. The Hall–Kier alpha value is -0.560. The van der Waals surface area contributed by atoms with E-state index < -0.39 is 0 Å². The average Bonchev–Trinajstić information content (AvgIpc) is 2.32. The molecule has 1 saturated heterocycles. The first kappa shape index (κ1) is 12.9. The van der Waals surface area contributed by atoms with Crippen molar-refractivity contribution in [1.82, 2.24) is 4.98 Å². The van der Waals surface area contributed by atoms with Crippen LogP contribution in [0.2, 0.25) is 5.15 Å². The summed E-state index contributed by atoms with van der Waals surface area (Å²) in [5.41, 5.74) is 6.41. The Morgan fingerprint density at radius 2 is 2.41 bits per heavy atom. The van der Waals surface area contributed by atoms with E-state index in [0.29, 0.717) is 11.7 Å². The number of carbonyl (C=O) groups is 1. The molecule has 0 bridgehead atoms. The number of nitrogens with two attached hydrogens (primary N) is 1. The number of rotatable bonds is 2. The summed E-state index contributed by atoms with van der Waals surface area (Å²) < 4.78 is 1.04. The van der Waals surface area contributed by atoms with E-state index in [0.717, 1.165) is 28.6 Å². The second kappa shape index (κ2) is 5.39. The van der Waals surface area contributed by atoms with Gasteiger partial charge in [-0.05, 0) is 41.5 Å². The summed E-state index contributed by atoms with van der Waals surface area (Å²) in [5, 5.41) is 0.474. The van der Waals surface area contributed by atoms with Gasteiger partial charge in [-0.25, -0.2) is 4.98 Å². The minimum atomic E-state index is -0.218. The third-order valence-electron chi connectivity index (χ3n) is 2.97. The van der Waals surface area contributed by atoms with Crippen LogP contribution in [0.1, 0.15) is 12.8 Å². The average molecular weight is 366 g/mol. The highest BCUT2D eigenvalue weighted by Gasteiger charge is 2.25. The number of primary amides is 1. The zero-order chi connectivity index (χ0) is 12.4. The number of hydrogen-bond acceptors (Lipinski definition) is 3. The lowest BCUT2D eigenvalue weighted by Crippen LogP contribution is -2.41. The van der Waals surface area contributed by atoms with E-state index in [4.69, 9.17) is 17.3 Å². The Kier molecular flexibility index (Phi) is 4.09. The second-order valence-corrected chi connectivity index (χ2v) is 5.70. The molecule has 1 aromatic rings. The second-order valence-electron chi connectivity index (χ2n) is 4.15. The molecule has 2 N–H and O–H groups in total. The monoisotopic (exact) mass is 365 g/mol. The fourth-order valence-corrected chi connectivity index (χ4v) is 2.86. The van der Waals surface area contributed by atoms with Gasteiger partial charge in [-0.3, -0.25) is 4.79 Å². The molecule has 0 radical (unpaired) electrons. The molecule has 2 rings (SSSR count). The Labute approximate surface area is 119 Å². The minimum absolute atomic E-state index is 0.0634. The summed E-state index contributed by atoms with van der Waals surface area (Å²) in [4.78, 5) is 17.4. The summed E-state index contributed by atoms with van der Waals surface area (Å²) in [6, 6.07) is 1.84. The number of aromatic nitrogens is 1. The zero-order valence-corrected chi connectivity index (χ0v) is 12.1. The molecule has 1 atom stereocenters. The topological polar surface area (TPSA) is 59.2 Å². The number of piperidine rings is 1. The normalized spacial score (nSPS) is 20.4. The van der Waals surface area contributed by atoms with Gasteiger partial charge in [0.1, 0.15) is 5.15 Å². The van der Waals surface area contributed by atoms with Gasteiger partial charge in [-0.15, -0.1) is 0 Å². The number of amides is 1. The molecule has 1 aliphatic rings. The van der Waals surface area contributed by atoms with Crippen molar-refractivity contribution in [2.45, 2.75) is 12.8 Å². The van der Waals surface area contributed by atoms with Gasteiger partial charge in [-0.1, -0.05) is 11.6 Å². The number of halogens is 2. The highest BCUT2D eigenvalue weighted by Crippen LogP contribution is 2.28. The Balaban J connectivity index is 2.21. The van der Waals surface area contributed by atoms with Crippen molar-refractivity contribution in [3.05, 3.63) is 21.0 Å². The van der Waals surface area contributed by atoms with Crippen LogP contribution >= 0.6 is 34.2 Å². The highest BCUT2D eigenvalue weighted by atomic mass is 127. The first-order valence-electron chi connectivity index (χ1n) is 5.43. The predicted molar refractivity (Wildman–Crippen MR) is 76.1 cm³/mol. The fourth-order valence-electron chi connectivity index (χ4n) is 2.07. The molecule has 4 nitrogen and oxygen atoms in total. The number of anilines is 1. The van der Waals surface area contributed by atoms with E-state index >= 15 is 0 Å². The van der Waals surface area contributed by atoms with Crippen molar-refractivity contribution in [1.29, 1.82) is 0 Å². The lowest BCUT2D eigenvalue weighted by molar-refractivity contribution is -0.122. The SMILES string of the molecule is NC(=O)C1CCCN(c2cc(Cl)ncc2I)C1. The molecule has 1 amide bonds. The molecule has 17 heavy (non-hydrogen) atoms. The standard InChI is InChI=1S/C11H13ClIN3O/c12-10-4-9(8(13)5-15-10)16-3-1-2-7(6-16)11(14)17/h4-5,7H,1-3,6H2,(H2,14,17). The molecule has 0 aliphatic carbocycles. The van der Waals surface area contributed by atoms with Crippen LogP contribution in [-0.4, -0.2) is 24.0 Å². The van der Waals surface area contributed by atoms with Gasteiger partial charge >= 0.3 is 0 Å². The third kappa shape index (κ3) is 3.01. The summed E-state index contributed by atoms with van der Waals surface area (Å²) in [5.74, 6) is -0.281. The van der Waals surface area contributed by atoms with Gasteiger partial charge < -0.3 is 10.6 Å². The van der Waals surface area contributed by atoms with Crippen LogP contribution in [0.3, 0.4) is 0 Å². The number of carbonyl (C=O) groups excluding carboxylic acids is 1. The third-order valence-corrected chi connectivity index (χ3v) is 4.00. The number of hydrogen-bond donors (Lipinski definition) is 1. The van der Waals surface area contributed by atoms with Crippen LogP contribution in [0.25, 0.3) is 0 Å². The van der Waals surface area contributed by atoms with Gasteiger partial charge in [0.2, 0.25) is 5.91 Å². The van der Waals surface area contributed by atoms with Crippen LogP contribution < -0.4 is 10.6 Å². The maximum absolute atomic E-state index is 11.2. The van der Waals surface area contributed by atoms with Crippen molar-refractivity contribution in [3.8, 4) is 0 Å². The molecule has 0 aromatic carbocycles. The van der Waals surface area contributed by atoms with Crippen LogP contribution in [-0.2, 0) is 4.79 Å². The van der Waals surface area contributed by atoms with E-state index in [1.165, 1.54) is 0 Å². The predicted octanol–water partition coefficient (Wildman–Crippen LogP) is 2.04. The van der Waals surface area contributed by atoms with E-state index in [-0.39, 0.29) is 11.8 Å². The molecule has 1 fully saturated rings. The van der Waals surface area contributed by atoms with E-state index in [9.17, 15) is 4.79 Å². The van der Waals surface area contributed by atoms with Crippen LogP contribution in [0, 0.1) is 9.49 Å². The Morgan fingerprint density at radius 1 is 1.65 bits per heavy atom. The van der Waals surface area contributed by atoms with Crippen molar-refractivity contribution in [2.24, 2.45) is 11.7 Å². The van der Waals surface area contributed by atoms with Crippen molar-refractivity contribution >= 4 is 45.8 Å². The molecule has 1 aromatic heterocycles. The number of nitrogens with zero attached hydrogens (tertiary/aromatic N) is 2. The zero-order valence-electron chi connectivity index (χ0n) is 9.20. The first-order valence-corrected chi connectivity index (χ1v) is 6.89. The van der Waals surface area contributed by atoms with Crippen molar-refractivity contribution in [3.63, 3.8) is 0 Å². The molecular formula is C11H13ClIN3O. The largest absolute Gasteiger partial charge is 0.370 e.